The predicted molar refractivity (Wildman–Crippen MR) is 4.12 cm³/mol. The van der Waals surface area contributed by atoms with Gasteiger partial charge in [-0.1, -0.05) is 0 Å². The molecule has 0 aromatic heterocycles. The first-order valence-corrected chi connectivity index (χ1v) is 0. The van der Waals surface area contributed by atoms with E-state index in [2.05, 4.69) is 0 Å². The van der Waals surface area contributed by atoms with E-state index in [4.69, 9.17) is 0 Å². The Kier molecular flexibility index (Phi) is 4840. The summed E-state index contributed by atoms with van der Waals surface area (Å²) in [4.78, 5) is 0. The first-order valence-electron chi connectivity index (χ1n) is 0. The van der Waals surface area contributed by atoms with E-state index in [0.717, 1.165) is 0 Å². The van der Waals surface area contributed by atoms with E-state index >= 15 is 0 Å². The molecule has 0 aliphatic carbocycles. The van der Waals surface area contributed by atoms with Crippen LogP contribution in [0.1, 0.15) is 0 Å². The zero-order chi connectivity index (χ0) is 0. The van der Waals surface area contributed by atoms with Gasteiger partial charge in [-0.3, -0.25) is 0 Å². The van der Waals surface area contributed by atoms with Crippen molar-refractivity contribution in [2.75, 3.05) is 0 Å². The molecule has 0 atom stereocenters. The largest absolute Gasteiger partial charge is 2.00 e. The van der Waals surface area contributed by atoms with Gasteiger partial charge in [0, 0.05) is 0 Å². The molecule has 0 rings (SSSR count). The van der Waals surface area contributed by atoms with Crippen LogP contribution in [0.2, 0.25) is 0 Å². The third kappa shape index (κ3) is 343. The van der Waals surface area contributed by atoms with E-state index in [0.29, 0.717) is 0 Å². The molecule has 0 fully saturated rings. The summed E-state index contributed by atoms with van der Waals surface area (Å²) in [6.07, 6.45) is 0. The fourth-order valence-electron chi connectivity index (χ4n) is 0. The fraction of sp³-hybridized carbons (Fsp3) is 0. The molecule has 0 amide bonds. The average molecular weight is 1670 g/mol. The summed E-state index contributed by atoms with van der Waals surface area (Å²) in [5.41, 5.74) is 0. The molecule has 0 unspecified atom stereocenters. The van der Waals surface area contributed by atoms with E-state index in [1.807, 2.05) is 0 Å². The molecule has 0 heterocycles. The van der Waals surface area contributed by atoms with Crippen molar-refractivity contribution in [3.8, 4) is 0 Å². The first-order chi connectivity index (χ1) is 0. The molecular weight excluding hydrogens is 1670 g/mol. The molecule has 0 saturated heterocycles. The summed E-state index contributed by atoms with van der Waals surface area (Å²) in [7, 11) is 0. The molecular formula is O6Zn24+36. The second kappa shape index (κ2) is 368. The van der Waals surface area contributed by atoms with Crippen LogP contribution >= 0.6 is 0 Å². The van der Waals surface area contributed by atoms with Gasteiger partial charge in [0.1, 0.15) is 0 Å². The van der Waals surface area contributed by atoms with Gasteiger partial charge in [0.2, 0.25) is 0 Å². The molecule has 0 aliphatic heterocycles. The molecule has 0 bridgehead atoms. The van der Waals surface area contributed by atoms with Gasteiger partial charge in [-0.05, 0) is 0 Å². The topological polar surface area (TPSA) is 171 Å². The van der Waals surface area contributed by atoms with Crippen molar-refractivity contribution >= 4 is 0 Å². The Hall–Kier alpha value is 14.7. The Labute approximate surface area is 487 Å². The third-order valence-corrected chi connectivity index (χ3v) is 0. The van der Waals surface area contributed by atoms with Crippen LogP contribution in [0.15, 0.2) is 0 Å². The molecule has 0 aromatic carbocycles. The van der Waals surface area contributed by atoms with Crippen LogP contribution in [0, 0.1) is 0 Å². The Bertz CT molecular complexity index is 21.7. The zero-order valence-corrected chi connectivity index (χ0v) is 90.6. The monoisotopic (exact) mass is 1630 g/mol. The van der Waals surface area contributed by atoms with E-state index < -0.39 is 0 Å². The maximum absolute atomic E-state index is 0. The standard InChI is InChI=1S/6O.24Zn/q6*-2;24*+2. The molecule has 48 valence electrons. The summed E-state index contributed by atoms with van der Waals surface area (Å²) in [5, 5.41) is 0. The normalized spacial score (nSPS) is 0. The van der Waals surface area contributed by atoms with Gasteiger partial charge in [-0.15, -0.1) is 0 Å². The Morgan fingerprint density at radius 1 is 0.0667 bits per heavy atom. The summed E-state index contributed by atoms with van der Waals surface area (Å²) in [6.45, 7) is 0. The predicted octanol–water partition coefficient (Wildman–Crippen LogP) is -0.773. The van der Waals surface area contributed by atoms with Gasteiger partial charge in [-0.25, -0.2) is 0 Å². The SMILES string of the molecule is [O-2].[O-2].[O-2].[O-2].[O-2].[O-2].[Zn+2].[Zn+2].[Zn+2].[Zn+2].[Zn+2].[Zn+2].[Zn+2].[Zn+2].[Zn+2].[Zn+2].[Zn+2].[Zn+2].[Zn+2].[Zn+2].[Zn+2].[Zn+2].[Zn+2].[Zn+2].[Zn+2].[Zn+2].[Zn+2].[Zn+2].[Zn+2].[Zn+2]. The van der Waals surface area contributed by atoms with Crippen LogP contribution in [0.4, 0.5) is 0 Å². The average Bonchev–Trinajstić information content (AvgIpc) is 0. The van der Waals surface area contributed by atoms with E-state index in [-0.39, 0.29) is 500 Å². The van der Waals surface area contributed by atoms with Crippen LogP contribution in [0.3, 0.4) is 0 Å². The van der Waals surface area contributed by atoms with Crippen LogP contribution in [-0.4, -0.2) is 0 Å². The van der Waals surface area contributed by atoms with Crippen LogP contribution in [0.5, 0.6) is 0 Å². The molecule has 0 saturated carbocycles. The fourth-order valence-corrected chi connectivity index (χ4v) is 0. The molecule has 0 aliphatic rings. The Morgan fingerprint density at radius 3 is 0.0667 bits per heavy atom. The number of rotatable bonds is 0. The van der Waals surface area contributed by atoms with Crippen LogP contribution in [-0.2, 0) is 500 Å². The van der Waals surface area contributed by atoms with E-state index in [9.17, 15) is 0 Å². The van der Waals surface area contributed by atoms with Gasteiger partial charge in [0.15, 0.2) is 0 Å². The summed E-state index contributed by atoms with van der Waals surface area (Å²) in [5.74, 6) is 0. The minimum absolute atomic E-state index is 0. The molecule has 30 heavy (non-hydrogen) atoms. The Balaban J connectivity index is 0. The van der Waals surface area contributed by atoms with Crippen molar-refractivity contribution in [2.45, 2.75) is 0 Å². The van der Waals surface area contributed by atoms with Gasteiger partial charge in [-0.2, -0.15) is 0 Å². The Morgan fingerprint density at radius 2 is 0.0667 bits per heavy atom. The summed E-state index contributed by atoms with van der Waals surface area (Å²) in [6, 6.07) is 0. The maximum atomic E-state index is 0. The van der Waals surface area contributed by atoms with E-state index in [1.165, 1.54) is 0 Å². The second-order valence-corrected chi connectivity index (χ2v) is 0. The van der Waals surface area contributed by atoms with Crippen molar-refractivity contribution < 1.29 is 500 Å². The zero-order valence-electron chi connectivity index (χ0n) is 19.4. The number of hydrogen-bond donors (Lipinski definition) is 0. The molecule has 0 N–H and O–H groups in total. The van der Waals surface area contributed by atoms with Crippen molar-refractivity contribution in [3.05, 3.63) is 0 Å². The van der Waals surface area contributed by atoms with Crippen molar-refractivity contribution in [3.63, 3.8) is 0 Å². The smallest absolute Gasteiger partial charge is 2.00 e. The first kappa shape index (κ1) is 394. The van der Waals surface area contributed by atoms with E-state index in [1.54, 1.807) is 0 Å². The van der Waals surface area contributed by atoms with Gasteiger partial charge in [0.25, 0.3) is 0 Å². The van der Waals surface area contributed by atoms with Gasteiger partial charge >= 0.3 is 467 Å². The second-order valence-electron chi connectivity index (χ2n) is 0. The molecule has 6 nitrogen and oxygen atoms in total. The minimum atomic E-state index is 0. The third-order valence-electron chi connectivity index (χ3n) is 0. The summed E-state index contributed by atoms with van der Waals surface area (Å²) < 4.78 is 0. The number of hydrogen-bond acceptors (Lipinski definition) is 0. The van der Waals surface area contributed by atoms with Crippen LogP contribution in [0.25, 0.3) is 0 Å². The quantitative estimate of drug-likeness (QED) is 0.278. The minimum Gasteiger partial charge on any atom is -2.00 e. The van der Waals surface area contributed by atoms with Crippen molar-refractivity contribution in [1.29, 1.82) is 0 Å². The van der Waals surface area contributed by atoms with Crippen molar-refractivity contribution in [2.24, 2.45) is 0 Å². The van der Waals surface area contributed by atoms with Crippen LogP contribution < -0.4 is 0 Å². The summed E-state index contributed by atoms with van der Waals surface area (Å²) >= 11 is 0. The van der Waals surface area contributed by atoms with Crippen molar-refractivity contribution in [1.82, 2.24) is 0 Å². The molecule has 0 radical (unpaired) electrons. The molecule has 30 heteroatoms. The molecule has 0 aromatic rings. The maximum Gasteiger partial charge on any atom is 2.00 e. The molecule has 0 spiro atoms. The van der Waals surface area contributed by atoms with Gasteiger partial charge in [0.05, 0.1) is 0 Å². The van der Waals surface area contributed by atoms with Gasteiger partial charge < -0.3 is 32.9 Å².